The van der Waals surface area contributed by atoms with E-state index in [1.807, 2.05) is 42.5 Å². The molecule has 0 bridgehead atoms. The highest BCUT2D eigenvalue weighted by molar-refractivity contribution is 7.89. The summed E-state index contributed by atoms with van der Waals surface area (Å²) in [6.45, 7) is 6.00. The Hall–Kier alpha value is -1.69. The van der Waals surface area contributed by atoms with Gasteiger partial charge in [0.2, 0.25) is 10.0 Å². The van der Waals surface area contributed by atoms with Crippen LogP contribution in [-0.4, -0.2) is 38.5 Å². The van der Waals surface area contributed by atoms with E-state index in [2.05, 4.69) is 23.5 Å². The van der Waals surface area contributed by atoms with Gasteiger partial charge in [0.15, 0.2) is 0 Å². The second-order valence-electron chi connectivity index (χ2n) is 6.59. The number of sulfonamides is 1. The molecule has 0 spiro atoms. The van der Waals surface area contributed by atoms with Crippen molar-refractivity contribution in [2.24, 2.45) is 0 Å². The van der Waals surface area contributed by atoms with Gasteiger partial charge in [0, 0.05) is 25.2 Å². The standard InChI is InChI=1S/C19H24N2O2S/c1-15(2)21-13-12-18(14-21)20-24(22,23)19-10-8-17(9-11-19)16-6-4-3-5-7-16/h3-11,15,18,20H,12-14H2,1-2H3/t18-/m1/s1. The maximum Gasteiger partial charge on any atom is 0.240 e. The first-order valence-corrected chi connectivity index (χ1v) is 9.86. The Balaban J connectivity index is 1.71. The fraction of sp³-hybridized carbons (Fsp3) is 0.368. The van der Waals surface area contributed by atoms with Crippen molar-refractivity contribution in [3.05, 3.63) is 54.6 Å². The number of hydrogen-bond acceptors (Lipinski definition) is 3. The van der Waals surface area contributed by atoms with E-state index in [0.29, 0.717) is 10.9 Å². The minimum absolute atomic E-state index is 0.00815. The van der Waals surface area contributed by atoms with Crippen LogP contribution in [0.4, 0.5) is 0 Å². The van der Waals surface area contributed by atoms with Crippen molar-refractivity contribution in [2.45, 2.75) is 37.2 Å². The van der Waals surface area contributed by atoms with Crippen LogP contribution in [0, 0.1) is 0 Å². The molecule has 0 saturated carbocycles. The zero-order valence-electron chi connectivity index (χ0n) is 14.1. The Morgan fingerprint density at radius 2 is 1.62 bits per heavy atom. The molecule has 1 fully saturated rings. The van der Waals surface area contributed by atoms with E-state index < -0.39 is 10.0 Å². The first kappa shape index (κ1) is 17.1. The van der Waals surface area contributed by atoms with Crippen LogP contribution in [0.2, 0.25) is 0 Å². The summed E-state index contributed by atoms with van der Waals surface area (Å²) in [6.07, 6.45) is 0.861. The van der Waals surface area contributed by atoms with E-state index in [1.54, 1.807) is 12.1 Å². The quantitative estimate of drug-likeness (QED) is 0.907. The molecule has 2 aromatic rings. The predicted octanol–water partition coefficient (Wildman–Crippen LogP) is 3.11. The number of nitrogens with one attached hydrogen (secondary N) is 1. The SMILES string of the molecule is CC(C)N1CC[C@@H](NS(=O)(=O)c2ccc(-c3ccccc3)cc2)C1. The van der Waals surface area contributed by atoms with Crippen LogP contribution in [-0.2, 0) is 10.0 Å². The Bertz CT molecular complexity index is 771. The van der Waals surface area contributed by atoms with E-state index in [0.717, 1.165) is 30.6 Å². The van der Waals surface area contributed by atoms with Crippen LogP contribution in [0.3, 0.4) is 0 Å². The van der Waals surface area contributed by atoms with Crippen molar-refractivity contribution >= 4 is 10.0 Å². The number of nitrogens with zero attached hydrogens (tertiary/aromatic N) is 1. The van der Waals surface area contributed by atoms with E-state index in [-0.39, 0.29) is 6.04 Å². The lowest BCUT2D eigenvalue weighted by Gasteiger charge is -2.20. The molecule has 5 heteroatoms. The highest BCUT2D eigenvalue weighted by Crippen LogP contribution is 2.22. The van der Waals surface area contributed by atoms with Gasteiger partial charge in [-0.3, -0.25) is 4.90 Å². The molecule has 0 amide bonds. The van der Waals surface area contributed by atoms with Crippen LogP contribution >= 0.6 is 0 Å². The molecule has 1 aliphatic heterocycles. The third-order valence-corrected chi connectivity index (χ3v) is 6.08. The van der Waals surface area contributed by atoms with E-state index in [1.165, 1.54) is 0 Å². The van der Waals surface area contributed by atoms with Crippen LogP contribution in [0.1, 0.15) is 20.3 Å². The number of benzene rings is 2. The average molecular weight is 344 g/mol. The van der Waals surface area contributed by atoms with Gasteiger partial charge in [-0.1, -0.05) is 42.5 Å². The lowest BCUT2D eigenvalue weighted by atomic mass is 10.1. The zero-order chi connectivity index (χ0) is 17.2. The molecule has 0 aromatic heterocycles. The van der Waals surface area contributed by atoms with Gasteiger partial charge in [-0.25, -0.2) is 13.1 Å². The molecule has 24 heavy (non-hydrogen) atoms. The van der Waals surface area contributed by atoms with Gasteiger partial charge in [0.1, 0.15) is 0 Å². The van der Waals surface area contributed by atoms with Crippen molar-refractivity contribution in [3.8, 4) is 11.1 Å². The van der Waals surface area contributed by atoms with Crippen LogP contribution in [0.25, 0.3) is 11.1 Å². The smallest absolute Gasteiger partial charge is 0.240 e. The minimum Gasteiger partial charge on any atom is -0.299 e. The largest absolute Gasteiger partial charge is 0.299 e. The fourth-order valence-corrected chi connectivity index (χ4v) is 4.36. The minimum atomic E-state index is -3.47. The summed E-state index contributed by atoms with van der Waals surface area (Å²) in [5, 5.41) is 0. The first-order valence-electron chi connectivity index (χ1n) is 8.37. The van der Waals surface area contributed by atoms with E-state index in [4.69, 9.17) is 0 Å². The number of hydrogen-bond donors (Lipinski definition) is 1. The Morgan fingerprint density at radius 3 is 2.21 bits per heavy atom. The van der Waals surface area contributed by atoms with Crippen LogP contribution < -0.4 is 4.72 Å². The van der Waals surface area contributed by atoms with Gasteiger partial charge in [-0.2, -0.15) is 0 Å². The Kier molecular flexibility index (Phi) is 5.04. The number of rotatable bonds is 5. The Labute approximate surface area is 144 Å². The fourth-order valence-electron chi connectivity index (χ4n) is 3.10. The molecule has 1 saturated heterocycles. The van der Waals surface area contributed by atoms with Gasteiger partial charge in [0.25, 0.3) is 0 Å². The van der Waals surface area contributed by atoms with Crippen molar-refractivity contribution < 1.29 is 8.42 Å². The molecule has 2 aromatic carbocycles. The molecule has 1 atom stereocenters. The van der Waals surface area contributed by atoms with Crippen molar-refractivity contribution in [1.29, 1.82) is 0 Å². The second kappa shape index (κ2) is 7.05. The summed E-state index contributed by atoms with van der Waals surface area (Å²) >= 11 is 0. The second-order valence-corrected chi connectivity index (χ2v) is 8.30. The first-order chi connectivity index (χ1) is 11.5. The van der Waals surface area contributed by atoms with Gasteiger partial charge in [0.05, 0.1) is 4.90 Å². The molecule has 1 heterocycles. The molecular formula is C19H24N2O2S. The molecule has 0 unspecified atom stereocenters. The summed E-state index contributed by atoms with van der Waals surface area (Å²) < 4.78 is 28.0. The molecular weight excluding hydrogens is 320 g/mol. The van der Waals surface area contributed by atoms with Crippen LogP contribution in [0.15, 0.2) is 59.5 Å². The summed E-state index contributed by atoms with van der Waals surface area (Å²) in [6, 6.07) is 17.5. The maximum atomic E-state index is 12.6. The molecule has 128 valence electrons. The van der Waals surface area contributed by atoms with Crippen molar-refractivity contribution in [3.63, 3.8) is 0 Å². The molecule has 4 nitrogen and oxygen atoms in total. The van der Waals surface area contributed by atoms with Gasteiger partial charge >= 0.3 is 0 Å². The highest BCUT2D eigenvalue weighted by Gasteiger charge is 2.28. The summed E-state index contributed by atoms with van der Waals surface area (Å²) in [5.74, 6) is 0. The average Bonchev–Trinajstić information content (AvgIpc) is 3.04. The third kappa shape index (κ3) is 3.86. The lowest BCUT2D eigenvalue weighted by molar-refractivity contribution is 0.271. The van der Waals surface area contributed by atoms with E-state index in [9.17, 15) is 8.42 Å². The van der Waals surface area contributed by atoms with Crippen LogP contribution in [0.5, 0.6) is 0 Å². The lowest BCUT2D eigenvalue weighted by Crippen LogP contribution is -2.38. The summed E-state index contributed by atoms with van der Waals surface area (Å²) in [4.78, 5) is 2.62. The van der Waals surface area contributed by atoms with Gasteiger partial charge in [-0.15, -0.1) is 0 Å². The Morgan fingerprint density at radius 1 is 1.00 bits per heavy atom. The molecule has 0 aliphatic carbocycles. The molecule has 1 aliphatic rings. The summed E-state index contributed by atoms with van der Waals surface area (Å²) in [5.41, 5.74) is 2.10. The normalized spacial score (nSPS) is 19.0. The summed E-state index contributed by atoms with van der Waals surface area (Å²) in [7, 11) is -3.47. The van der Waals surface area contributed by atoms with E-state index >= 15 is 0 Å². The van der Waals surface area contributed by atoms with Crippen molar-refractivity contribution in [1.82, 2.24) is 9.62 Å². The molecule has 3 rings (SSSR count). The van der Waals surface area contributed by atoms with Gasteiger partial charge < -0.3 is 0 Å². The van der Waals surface area contributed by atoms with Gasteiger partial charge in [-0.05, 0) is 43.5 Å². The predicted molar refractivity (Wildman–Crippen MR) is 97.3 cm³/mol. The third-order valence-electron chi connectivity index (χ3n) is 4.54. The highest BCUT2D eigenvalue weighted by atomic mass is 32.2. The maximum absolute atomic E-state index is 12.6. The zero-order valence-corrected chi connectivity index (χ0v) is 15.0. The van der Waals surface area contributed by atoms with Crippen molar-refractivity contribution in [2.75, 3.05) is 13.1 Å². The molecule has 0 radical (unpaired) electrons. The molecule has 1 N–H and O–H groups in total. The monoisotopic (exact) mass is 344 g/mol. The number of likely N-dealkylation sites (tertiary alicyclic amines) is 1. The topological polar surface area (TPSA) is 49.4 Å².